The summed E-state index contributed by atoms with van der Waals surface area (Å²) in [4.78, 5) is 21.3. The molecule has 0 spiro atoms. The van der Waals surface area contributed by atoms with Crippen LogP contribution in [0.1, 0.15) is 39.7 Å². The van der Waals surface area contributed by atoms with Crippen LogP contribution in [0.25, 0.3) is 16.9 Å². The molecule has 3 aromatic heterocycles. The van der Waals surface area contributed by atoms with Crippen LogP contribution < -0.4 is 0 Å². The number of hydrogen-bond donors (Lipinski definition) is 1. The largest absolute Gasteiger partial charge is 0.481 e. The second-order valence-corrected chi connectivity index (χ2v) is 8.73. The van der Waals surface area contributed by atoms with E-state index < -0.39 is 17.6 Å². The summed E-state index contributed by atoms with van der Waals surface area (Å²) in [6, 6.07) is 15.3. The molecular weight excluding hydrogens is 464 g/mol. The van der Waals surface area contributed by atoms with E-state index in [1.807, 2.05) is 50.2 Å². The molecule has 0 unspecified atom stereocenters. The van der Waals surface area contributed by atoms with Gasteiger partial charge in [0.25, 0.3) is 0 Å². The summed E-state index contributed by atoms with van der Waals surface area (Å²) in [7, 11) is 0. The van der Waals surface area contributed by atoms with Gasteiger partial charge in [-0.05, 0) is 37.1 Å². The van der Waals surface area contributed by atoms with Crippen LogP contribution in [0.2, 0.25) is 0 Å². The van der Waals surface area contributed by atoms with Crippen LogP contribution in [0.5, 0.6) is 0 Å². The smallest absolute Gasteiger partial charge is 0.309 e. The Morgan fingerprint density at radius 2 is 1.78 bits per heavy atom. The first-order valence-electron chi connectivity index (χ1n) is 11.5. The minimum Gasteiger partial charge on any atom is -0.481 e. The number of carbonyl (C=O) groups is 1. The highest BCUT2D eigenvalue weighted by Gasteiger charge is 2.22. The van der Waals surface area contributed by atoms with E-state index in [4.69, 9.17) is 14.4 Å². The third kappa shape index (κ3) is 4.49. The van der Waals surface area contributed by atoms with Crippen molar-refractivity contribution in [3.05, 3.63) is 112 Å². The number of hydrogen-bond acceptors (Lipinski definition) is 4. The number of benzene rings is 2. The monoisotopic (exact) mass is 487 g/mol. The number of furan rings is 1. The number of carboxylic acids is 1. The van der Waals surface area contributed by atoms with E-state index in [1.165, 1.54) is 12.1 Å². The molecule has 182 valence electrons. The van der Waals surface area contributed by atoms with Crippen LogP contribution in [0.15, 0.2) is 65.2 Å². The highest BCUT2D eigenvalue weighted by atomic mass is 19.2. The van der Waals surface area contributed by atoms with Crippen molar-refractivity contribution < 1.29 is 23.1 Å². The Bertz CT molecular complexity index is 1570. The number of fused-ring (bicyclic) bond motifs is 1. The van der Waals surface area contributed by atoms with E-state index in [-0.39, 0.29) is 24.8 Å². The third-order valence-corrected chi connectivity index (χ3v) is 6.19. The predicted octanol–water partition coefficient (Wildman–Crippen LogP) is 5.69. The molecule has 0 saturated carbocycles. The van der Waals surface area contributed by atoms with Crippen molar-refractivity contribution in [3.63, 3.8) is 0 Å². The van der Waals surface area contributed by atoms with Crippen LogP contribution in [-0.4, -0.2) is 25.4 Å². The zero-order valence-corrected chi connectivity index (χ0v) is 19.8. The number of aliphatic carboxylic acids is 1. The van der Waals surface area contributed by atoms with Crippen molar-refractivity contribution in [2.75, 3.05) is 0 Å². The number of aryl methyl sites for hydroxylation is 2. The fourth-order valence-corrected chi connectivity index (χ4v) is 4.31. The topological polar surface area (TPSA) is 80.6 Å². The molecular formula is C28H23F2N3O3. The summed E-state index contributed by atoms with van der Waals surface area (Å²) in [6.45, 7) is 3.80. The number of imidazole rings is 1. The quantitative estimate of drug-likeness (QED) is 0.319. The second kappa shape index (κ2) is 9.37. The van der Waals surface area contributed by atoms with E-state index in [9.17, 15) is 18.7 Å². The van der Waals surface area contributed by atoms with Crippen molar-refractivity contribution in [1.82, 2.24) is 14.4 Å². The van der Waals surface area contributed by atoms with Crippen molar-refractivity contribution >= 4 is 11.6 Å². The van der Waals surface area contributed by atoms with Gasteiger partial charge < -0.3 is 9.52 Å². The SMILES string of the molecule is Cc1cc(Cc2nc3c(Cc4cccc(F)c4F)nc(-c4ccccc4)cn3c2CC(=O)O)oc1C. The number of halogens is 2. The Hall–Kier alpha value is -4.33. The summed E-state index contributed by atoms with van der Waals surface area (Å²) in [5.74, 6) is -1.46. The van der Waals surface area contributed by atoms with Gasteiger partial charge >= 0.3 is 5.97 Å². The number of rotatable bonds is 7. The van der Waals surface area contributed by atoms with Crippen molar-refractivity contribution in [2.24, 2.45) is 0 Å². The molecule has 0 aliphatic carbocycles. The first kappa shape index (κ1) is 23.4. The first-order valence-corrected chi connectivity index (χ1v) is 11.5. The van der Waals surface area contributed by atoms with Crippen molar-refractivity contribution in [1.29, 1.82) is 0 Å². The maximum Gasteiger partial charge on any atom is 0.309 e. The van der Waals surface area contributed by atoms with Gasteiger partial charge in [-0.15, -0.1) is 0 Å². The average Bonchev–Trinajstić information content (AvgIpc) is 3.35. The summed E-state index contributed by atoms with van der Waals surface area (Å²) in [5.41, 5.74) is 4.29. The van der Waals surface area contributed by atoms with Crippen molar-refractivity contribution in [2.45, 2.75) is 33.1 Å². The van der Waals surface area contributed by atoms with Crippen molar-refractivity contribution in [3.8, 4) is 11.3 Å². The average molecular weight is 488 g/mol. The van der Waals surface area contributed by atoms with Gasteiger partial charge in [0.2, 0.25) is 0 Å². The fraction of sp³-hybridized carbons (Fsp3) is 0.179. The molecule has 1 N–H and O–H groups in total. The maximum absolute atomic E-state index is 14.6. The maximum atomic E-state index is 14.6. The highest BCUT2D eigenvalue weighted by Crippen LogP contribution is 2.27. The highest BCUT2D eigenvalue weighted by molar-refractivity contribution is 5.71. The van der Waals surface area contributed by atoms with Gasteiger partial charge in [-0.3, -0.25) is 9.20 Å². The summed E-state index contributed by atoms with van der Waals surface area (Å²) >= 11 is 0. The van der Waals surface area contributed by atoms with Crippen LogP contribution >= 0.6 is 0 Å². The van der Waals surface area contributed by atoms with Gasteiger partial charge in [-0.25, -0.2) is 18.7 Å². The van der Waals surface area contributed by atoms with Gasteiger partial charge in [-0.2, -0.15) is 0 Å². The van der Waals surface area contributed by atoms with Crippen LogP contribution in [0, 0.1) is 25.5 Å². The molecule has 6 nitrogen and oxygen atoms in total. The minimum absolute atomic E-state index is 0.0182. The zero-order valence-electron chi connectivity index (χ0n) is 19.8. The molecule has 8 heteroatoms. The molecule has 5 rings (SSSR count). The third-order valence-electron chi connectivity index (χ3n) is 6.19. The number of carboxylic acid groups (broad SMARTS) is 1. The number of nitrogens with zero attached hydrogens (tertiary/aromatic N) is 3. The molecule has 0 atom stereocenters. The van der Waals surface area contributed by atoms with Crippen LogP contribution in [0.4, 0.5) is 8.78 Å². The Labute approximate surface area is 205 Å². The molecule has 2 aromatic carbocycles. The van der Waals surface area contributed by atoms with E-state index in [1.54, 1.807) is 10.6 Å². The van der Waals surface area contributed by atoms with Crippen LogP contribution in [-0.2, 0) is 24.1 Å². The molecule has 3 heterocycles. The van der Waals surface area contributed by atoms with E-state index in [0.717, 1.165) is 23.0 Å². The standard InChI is InChI=1S/C28H23F2N3O3/c1-16-11-20(36-17(16)2)13-22-25(14-26(34)35)33-15-24(18-7-4-3-5-8-18)31-23(28(33)32-22)12-19-9-6-10-21(29)27(19)30/h3-11,15H,12-14H2,1-2H3,(H,34,35). The summed E-state index contributed by atoms with van der Waals surface area (Å²) in [5, 5.41) is 9.67. The predicted molar refractivity (Wildman–Crippen MR) is 130 cm³/mol. The molecule has 36 heavy (non-hydrogen) atoms. The summed E-state index contributed by atoms with van der Waals surface area (Å²) < 4.78 is 36.0. The van der Waals surface area contributed by atoms with Gasteiger partial charge in [0.05, 0.1) is 35.6 Å². The molecule has 0 fully saturated rings. The Morgan fingerprint density at radius 3 is 2.47 bits per heavy atom. The fourth-order valence-electron chi connectivity index (χ4n) is 4.31. The van der Waals surface area contributed by atoms with E-state index >= 15 is 0 Å². The molecule has 0 aliphatic heterocycles. The Balaban J connectivity index is 1.72. The summed E-state index contributed by atoms with van der Waals surface area (Å²) in [6.07, 6.45) is 1.73. The zero-order chi connectivity index (χ0) is 25.4. The Morgan fingerprint density at radius 1 is 1.00 bits per heavy atom. The van der Waals surface area contributed by atoms with E-state index in [0.29, 0.717) is 34.2 Å². The second-order valence-electron chi connectivity index (χ2n) is 8.73. The molecule has 0 bridgehead atoms. The minimum atomic E-state index is -1.01. The van der Waals surface area contributed by atoms with Crippen LogP contribution in [0.3, 0.4) is 0 Å². The van der Waals surface area contributed by atoms with E-state index in [2.05, 4.69) is 0 Å². The first-order chi connectivity index (χ1) is 17.3. The Kier molecular flexibility index (Phi) is 6.10. The normalized spacial score (nSPS) is 11.3. The van der Waals surface area contributed by atoms with Gasteiger partial charge in [0.1, 0.15) is 11.5 Å². The van der Waals surface area contributed by atoms with Gasteiger partial charge in [0, 0.05) is 18.2 Å². The molecule has 5 aromatic rings. The van der Waals surface area contributed by atoms with Gasteiger partial charge in [-0.1, -0.05) is 42.5 Å². The lowest BCUT2D eigenvalue weighted by Crippen LogP contribution is -2.08. The molecule has 0 radical (unpaired) electrons. The van der Waals surface area contributed by atoms with Gasteiger partial charge in [0.15, 0.2) is 17.3 Å². The lowest BCUT2D eigenvalue weighted by Gasteiger charge is -2.10. The lowest BCUT2D eigenvalue weighted by molar-refractivity contribution is -0.136. The molecule has 0 aliphatic rings. The molecule has 0 amide bonds. The lowest BCUT2D eigenvalue weighted by atomic mass is 10.1. The number of aromatic nitrogens is 3. The molecule has 0 saturated heterocycles.